The molecule has 0 aliphatic carbocycles. The molecule has 0 aliphatic heterocycles. The van der Waals surface area contributed by atoms with Crippen molar-refractivity contribution in [3.05, 3.63) is 35.6 Å². The van der Waals surface area contributed by atoms with Crippen molar-refractivity contribution >= 4 is 17.8 Å². The van der Waals surface area contributed by atoms with Gasteiger partial charge in [-0.1, -0.05) is 0 Å². The zero-order valence-corrected chi connectivity index (χ0v) is 13.3. The summed E-state index contributed by atoms with van der Waals surface area (Å²) in [4.78, 5) is 36.1. The fourth-order valence-electron chi connectivity index (χ4n) is 1.95. The van der Waals surface area contributed by atoms with Gasteiger partial charge >= 0.3 is 5.97 Å². The lowest BCUT2D eigenvalue weighted by molar-refractivity contribution is -0.140. The van der Waals surface area contributed by atoms with Crippen molar-refractivity contribution < 1.29 is 23.5 Å². The fourth-order valence-corrected chi connectivity index (χ4v) is 1.95. The van der Waals surface area contributed by atoms with Crippen LogP contribution in [-0.2, 0) is 14.3 Å². The van der Waals surface area contributed by atoms with Crippen molar-refractivity contribution in [2.24, 2.45) is 0 Å². The monoisotopic (exact) mass is 324 g/mol. The number of carbonyl (C=O) groups excluding carboxylic acids is 3. The standard InChI is InChI=1S/C16H21FN2O4/c1-12(20)18-9-3-10-19(11-8-15(21)23-2)16(22)13-4-6-14(17)7-5-13/h4-7H,3,8-11H2,1-2H3,(H,18,20). The summed E-state index contributed by atoms with van der Waals surface area (Å²) in [5, 5.41) is 2.64. The smallest absolute Gasteiger partial charge is 0.307 e. The van der Waals surface area contributed by atoms with Gasteiger partial charge in [-0.2, -0.15) is 0 Å². The van der Waals surface area contributed by atoms with Gasteiger partial charge in [0, 0.05) is 32.1 Å². The summed E-state index contributed by atoms with van der Waals surface area (Å²) >= 11 is 0. The number of methoxy groups -OCH3 is 1. The summed E-state index contributed by atoms with van der Waals surface area (Å²) in [6.07, 6.45) is 0.622. The largest absolute Gasteiger partial charge is 0.469 e. The zero-order valence-electron chi connectivity index (χ0n) is 13.3. The van der Waals surface area contributed by atoms with Gasteiger partial charge in [0.1, 0.15) is 5.82 Å². The number of rotatable bonds is 8. The predicted octanol–water partition coefficient (Wildman–Crippen LogP) is 1.36. The Kier molecular flexibility index (Phi) is 7.73. The van der Waals surface area contributed by atoms with E-state index in [-0.39, 0.29) is 24.8 Å². The van der Waals surface area contributed by atoms with Crippen LogP contribution in [0.5, 0.6) is 0 Å². The Bertz CT molecular complexity index is 546. The lowest BCUT2D eigenvalue weighted by atomic mass is 10.2. The molecule has 0 saturated heterocycles. The molecule has 0 saturated carbocycles. The molecule has 1 N–H and O–H groups in total. The second-order valence-electron chi connectivity index (χ2n) is 4.96. The van der Waals surface area contributed by atoms with E-state index in [2.05, 4.69) is 10.1 Å². The van der Waals surface area contributed by atoms with Crippen molar-refractivity contribution in [1.82, 2.24) is 10.2 Å². The molecule has 0 radical (unpaired) electrons. The summed E-state index contributed by atoms with van der Waals surface area (Å²) < 4.78 is 17.5. The van der Waals surface area contributed by atoms with Crippen LogP contribution in [0.2, 0.25) is 0 Å². The van der Waals surface area contributed by atoms with Crippen molar-refractivity contribution in [3.8, 4) is 0 Å². The maximum absolute atomic E-state index is 12.9. The molecule has 7 heteroatoms. The first-order valence-electron chi connectivity index (χ1n) is 7.30. The van der Waals surface area contributed by atoms with Crippen LogP contribution in [0.4, 0.5) is 4.39 Å². The van der Waals surface area contributed by atoms with Gasteiger partial charge in [-0.3, -0.25) is 14.4 Å². The average molecular weight is 324 g/mol. The highest BCUT2D eigenvalue weighted by atomic mass is 19.1. The second-order valence-corrected chi connectivity index (χ2v) is 4.96. The SMILES string of the molecule is COC(=O)CCN(CCCNC(C)=O)C(=O)c1ccc(F)cc1. The quantitative estimate of drug-likeness (QED) is 0.579. The molecule has 0 aliphatic rings. The third-order valence-corrected chi connectivity index (χ3v) is 3.17. The van der Waals surface area contributed by atoms with Crippen LogP contribution in [-0.4, -0.2) is 49.4 Å². The Labute approximate surface area is 134 Å². The van der Waals surface area contributed by atoms with Gasteiger partial charge in [-0.25, -0.2) is 4.39 Å². The van der Waals surface area contributed by atoms with Gasteiger partial charge in [0.25, 0.3) is 5.91 Å². The molecule has 0 atom stereocenters. The van der Waals surface area contributed by atoms with E-state index in [4.69, 9.17) is 0 Å². The Morgan fingerprint density at radius 1 is 1.17 bits per heavy atom. The fraction of sp³-hybridized carbons (Fsp3) is 0.438. The van der Waals surface area contributed by atoms with E-state index in [9.17, 15) is 18.8 Å². The molecule has 6 nitrogen and oxygen atoms in total. The number of halogens is 1. The molecule has 1 aromatic carbocycles. The maximum atomic E-state index is 12.9. The number of nitrogens with one attached hydrogen (secondary N) is 1. The Balaban J connectivity index is 2.68. The summed E-state index contributed by atoms with van der Waals surface area (Å²) in [6.45, 7) is 2.41. The van der Waals surface area contributed by atoms with Crippen molar-refractivity contribution in [2.75, 3.05) is 26.7 Å². The Morgan fingerprint density at radius 2 is 1.83 bits per heavy atom. The van der Waals surface area contributed by atoms with Crippen molar-refractivity contribution in [2.45, 2.75) is 19.8 Å². The molecule has 0 spiro atoms. The third kappa shape index (κ3) is 6.90. The maximum Gasteiger partial charge on any atom is 0.307 e. The molecule has 0 bridgehead atoms. The molecule has 0 heterocycles. The predicted molar refractivity (Wildman–Crippen MR) is 82.2 cm³/mol. The van der Waals surface area contributed by atoms with Crippen LogP contribution < -0.4 is 5.32 Å². The third-order valence-electron chi connectivity index (χ3n) is 3.17. The molecule has 2 amide bonds. The molecule has 126 valence electrons. The molecular weight excluding hydrogens is 303 g/mol. The van der Waals surface area contributed by atoms with Crippen LogP contribution in [0.15, 0.2) is 24.3 Å². The minimum absolute atomic E-state index is 0.0730. The number of benzene rings is 1. The molecule has 0 unspecified atom stereocenters. The summed E-state index contributed by atoms with van der Waals surface area (Å²) in [5.41, 5.74) is 0.343. The highest BCUT2D eigenvalue weighted by molar-refractivity contribution is 5.94. The Morgan fingerprint density at radius 3 is 2.39 bits per heavy atom. The molecule has 23 heavy (non-hydrogen) atoms. The first-order chi connectivity index (χ1) is 10.9. The van der Waals surface area contributed by atoms with Crippen LogP contribution >= 0.6 is 0 Å². The van der Waals surface area contributed by atoms with Gasteiger partial charge in [-0.05, 0) is 30.7 Å². The van der Waals surface area contributed by atoms with Crippen LogP contribution in [0.1, 0.15) is 30.1 Å². The van der Waals surface area contributed by atoms with E-state index in [0.717, 1.165) is 0 Å². The van der Waals surface area contributed by atoms with E-state index in [1.165, 1.54) is 43.2 Å². The number of ether oxygens (including phenoxy) is 1. The van der Waals surface area contributed by atoms with Gasteiger partial charge in [-0.15, -0.1) is 0 Å². The number of hydrogen-bond acceptors (Lipinski definition) is 4. The highest BCUT2D eigenvalue weighted by Gasteiger charge is 2.17. The number of carbonyl (C=O) groups is 3. The van der Waals surface area contributed by atoms with E-state index in [1.807, 2.05) is 0 Å². The number of hydrogen-bond donors (Lipinski definition) is 1. The van der Waals surface area contributed by atoms with E-state index < -0.39 is 11.8 Å². The summed E-state index contributed by atoms with van der Waals surface area (Å²) in [5.74, 6) is -1.27. The average Bonchev–Trinajstić information content (AvgIpc) is 2.53. The summed E-state index contributed by atoms with van der Waals surface area (Å²) in [7, 11) is 1.28. The summed E-state index contributed by atoms with van der Waals surface area (Å²) in [6, 6.07) is 5.22. The minimum atomic E-state index is -0.423. The lowest BCUT2D eigenvalue weighted by Gasteiger charge is -2.22. The number of amides is 2. The topological polar surface area (TPSA) is 75.7 Å². The molecular formula is C16H21FN2O4. The van der Waals surface area contributed by atoms with Gasteiger partial charge in [0.2, 0.25) is 5.91 Å². The highest BCUT2D eigenvalue weighted by Crippen LogP contribution is 2.08. The van der Waals surface area contributed by atoms with Crippen LogP contribution in [0.3, 0.4) is 0 Å². The molecule has 0 fully saturated rings. The van der Waals surface area contributed by atoms with E-state index in [1.54, 1.807) is 0 Å². The van der Waals surface area contributed by atoms with Crippen molar-refractivity contribution in [3.63, 3.8) is 0 Å². The molecule has 0 aromatic heterocycles. The Hall–Kier alpha value is -2.44. The minimum Gasteiger partial charge on any atom is -0.469 e. The van der Waals surface area contributed by atoms with Gasteiger partial charge in [0.05, 0.1) is 13.5 Å². The zero-order chi connectivity index (χ0) is 17.2. The van der Waals surface area contributed by atoms with Gasteiger partial charge in [0.15, 0.2) is 0 Å². The first kappa shape index (κ1) is 18.6. The van der Waals surface area contributed by atoms with E-state index in [0.29, 0.717) is 25.1 Å². The van der Waals surface area contributed by atoms with Crippen LogP contribution in [0.25, 0.3) is 0 Å². The van der Waals surface area contributed by atoms with E-state index >= 15 is 0 Å². The normalized spacial score (nSPS) is 10.0. The first-order valence-corrected chi connectivity index (χ1v) is 7.30. The number of nitrogens with zero attached hydrogens (tertiary/aromatic N) is 1. The lowest BCUT2D eigenvalue weighted by Crippen LogP contribution is -2.35. The van der Waals surface area contributed by atoms with Gasteiger partial charge < -0.3 is 15.0 Å². The second kappa shape index (κ2) is 9.55. The molecule has 1 aromatic rings. The molecule has 1 rings (SSSR count). The van der Waals surface area contributed by atoms with Crippen LogP contribution in [0, 0.1) is 5.82 Å². The van der Waals surface area contributed by atoms with Crippen molar-refractivity contribution in [1.29, 1.82) is 0 Å². The number of esters is 1.